The highest BCUT2D eigenvalue weighted by Gasteiger charge is 2.12. The van der Waals surface area contributed by atoms with E-state index in [9.17, 15) is 4.79 Å². The monoisotopic (exact) mass is 264 g/mol. The Labute approximate surface area is 117 Å². The molecule has 2 aromatic rings. The zero-order chi connectivity index (χ0) is 14.4. The molecule has 1 aromatic heterocycles. The summed E-state index contributed by atoms with van der Waals surface area (Å²) >= 11 is 0. The minimum absolute atomic E-state index is 0.0724. The Bertz CT molecular complexity index is 668. The summed E-state index contributed by atoms with van der Waals surface area (Å²) in [6.45, 7) is 0. The number of benzene rings is 1. The van der Waals surface area contributed by atoms with E-state index >= 15 is 0 Å². The molecule has 0 bridgehead atoms. The van der Waals surface area contributed by atoms with Crippen molar-refractivity contribution in [3.05, 3.63) is 65.5 Å². The van der Waals surface area contributed by atoms with E-state index in [4.69, 9.17) is 10.00 Å². The van der Waals surface area contributed by atoms with Gasteiger partial charge in [0.2, 0.25) is 5.78 Å². The van der Waals surface area contributed by atoms with E-state index in [1.165, 1.54) is 6.08 Å². The molecule has 1 heterocycles. The van der Waals surface area contributed by atoms with Gasteiger partial charge in [0.15, 0.2) is 0 Å². The van der Waals surface area contributed by atoms with Crippen LogP contribution in [0.25, 0.3) is 6.08 Å². The number of carbonyl (C=O) groups excluding carboxylic acids is 1. The van der Waals surface area contributed by atoms with Crippen LogP contribution in [0.4, 0.5) is 0 Å². The number of ketones is 1. The molecular formula is C16H12N2O2. The highest BCUT2D eigenvalue weighted by atomic mass is 16.5. The van der Waals surface area contributed by atoms with Gasteiger partial charge in [-0.1, -0.05) is 6.07 Å². The van der Waals surface area contributed by atoms with Crippen molar-refractivity contribution in [3.8, 4) is 11.8 Å². The molecule has 0 fully saturated rings. The summed E-state index contributed by atoms with van der Waals surface area (Å²) in [4.78, 5) is 16.2. The van der Waals surface area contributed by atoms with Crippen LogP contribution >= 0.6 is 0 Å². The average molecular weight is 264 g/mol. The summed E-state index contributed by atoms with van der Waals surface area (Å²) in [7, 11) is 1.56. The third-order valence-electron chi connectivity index (χ3n) is 2.71. The summed E-state index contributed by atoms with van der Waals surface area (Å²) < 4.78 is 5.03. The van der Waals surface area contributed by atoms with Crippen molar-refractivity contribution in [3.63, 3.8) is 0 Å². The molecule has 98 valence electrons. The number of nitrogens with zero attached hydrogens (tertiary/aromatic N) is 2. The van der Waals surface area contributed by atoms with E-state index in [2.05, 4.69) is 4.98 Å². The molecule has 0 aliphatic carbocycles. The van der Waals surface area contributed by atoms with Crippen LogP contribution in [0.1, 0.15) is 15.9 Å². The van der Waals surface area contributed by atoms with Gasteiger partial charge in [0.1, 0.15) is 17.4 Å². The van der Waals surface area contributed by atoms with E-state index in [1.807, 2.05) is 6.07 Å². The molecule has 0 aliphatic rings. The fraction of sp³-hybridized carbons (Fsp3) is 0.0625. The Morgan fingerprint density at radius 3 is 2.60 bits per heavy atom. The van der Waals surface area contributed by atoms with Crippen LogP contribution in [0.15, 0.2) is 54.4 Å². The lowest BCUT2D eigenvalue weighted by Gasteiger charge is -2.02. The van der Waals surface area contributed by atoms with Crippen molar-refractivity contribution in [1.82, 2.24) is 4.98 Å². The topological polar surface area (TPSA) is 63.0 Å². The predicted octanol–water partition coefficient (Wildman–Crippen LogP) is 2.88. The average Bonchev–Trinajstić information content (AvgIpc) is 2.53. The van der Waals surface area contributed by atoms with Crippen LogP contribution in [0.3, 0.4) is 0 Å². The molecule has 0 amide bonds. The first-order valence-corrected chi connectivity index (χ1v) is 5.95. The van der Waals surface area contributed by atoms with Crippen LogP contribution in [0.2, 0.25) is 0 Å². The maximum atomic E-state index is 12.2. The first kappa shape index (κ1) is 13.5. The number of hydrogen-bond acceptors (Lipinski definition) is 4. The Morgan fingerprint density at radius 1 is 1.30 bits per heavy atom. The Balaban J connectivity index is 2.30. The Hall–Kier alpha value is -2.93. The molecule has 2 rings (SSSR count). The minimum atomic E-state index is -0.320. The molecule has 0 radical (unpaired) electrons. The third kappa shape index (κ3) is 3.09. The van der Waals surface area contributed by atoms with Gasteiger partial charge in [-0.25, -0.2) is 0 Å². The van der Waals surface area contributed by atoms with Crippen molar-refractivity contribution in [2.24, 2.45) is 0 Å². The van der Waals surface area contributed by atoms with E-state index in [0.717, 1.165) is 0 Å². The van der Waals surface area contributed by atoms with Crippen LogP contribution < -0.4 is 4.74 Å². The Morgan fingerprint density at radius 2 is 2.05 bits per heavy atom. The van der Waals surface area contributed by atoms with Crippen LogP contribution in [0.5, 0.6) is 5.75 Å². The first-order valence-electron chi connectivity index (χ1n) is 5.95. The molecule has 1 aromatic carbocycles. The zero-order valence-corrected chi connectivity index (χ0v) is 10.9. The van der Waals surface area contributed by atoms with Crippen molar-refractivity contribution in [1.29, 1.82) is 5.26 Å². The van der Waals surface area contributed by atoms with Crippen LogP contribution in [-0.4, -0.2) is 17.9 Å². The number of carbonyl (C=O) groups is 1. The van der Waals surface area contributed by atoms with Gasteiger partial charge < -0.3 is 4.74 Å². The largest absolute Gasteiger partial charge is 0.497 e. The summed E-state index contributed by atoms with van der Waals surface area (Å²) in [6.07, 6.45) is 4.76. The summed E-state index contributed by atoms with van der Waals surface area (Å²) in [5, 5.41) is 9.14. The zero-order valence-electron chi connectivity index (χ0n) is 10.9. The van der Waals surface area contributed by atoms with E-state index in [-0.39, 0.29) is 11.4 Å². The number of pyridine rings is 1. The molecule has 4 nitrogen and oxygen atoms in total. The molecule has 0 spiro atoms. The van der Waals surface area contributed by atoms with Crippen molar-refractivity contribution in [2.45, 2.75) is 0 Å². The number of hydrogen-bond donors (Lipinski definition) is 0. The second-order valence-corrected chi connectivity index (χ2v) is 4.01. The molecule has 0 atom stereocenters. The summed E-state index contributed by atoms with van der Waals surface area (Å²) in [5.74, 6) is 0.343. The van der Waals surface area contributed by atoms with Gasteiger partial charge in [-0.05, 0) is 42.0 Å². The fourth-order valence-electron chi connectivity index (χ4n) is 1.67. The van der Waals surface area contributed by atoms with Crippen molar-refractivity contribution < 1.29 is 9.53 Å². The fourth-order valence-corrected chi connectivity index (χ4v) is 1.67. The quantitative estimate of drug-likeness (QED) is 0.484. The van der Waals surface area contributed by atoms with E-state index < -0.39 is 0 Å². The number of methoxy groups -OCH3 is 1. The number of ether oxygens (including phenoxy) is 1. The third-order valence-corrected chi connectivity index (χ3v) is 2.71. The molecule has 0 unspecified atom stereocenters. The van der Waals surface area contributed by atoms with Gasteiger partial charge >= 0.3 is 0 Å². The van der Waals surface area contributed by atoms with E-state index in [1.54, 1.807) is 55.9 Å². The minimum Gasteiger partial charge on any atom is -0.497 e. The number of rotatable bonds is 4. The van der Waals surface area contributed by atoms with Gasteiger partial charge in [-0.15, -0.1) is 0 Å². The number of nitriles is 1. The molecular weight excluding hydrogens is 252 g/mol. The second kappa shape index (κ2) is 6.30. The van der Waals surface area contributed by atoms with Crippen molar-refractivity contribution in [2.75, 3.05) is 7.11 Å². The van der Waals surface area contributed by atoms with Gasteiger partial charge in [0.05, 0.1) is 7.11 Å². The molecule has 0 aliphatic heterocycles. The van der Waals surface area contributed by atoms with Gasteiger partial charge in [-0.3, -0.25) is 9.78 Å². The highest BCUT2D eigenvalue weighted by Crippen LogP contribution is 2.16. The summed E-state index contributed by atoms with van der Waals surface area (Å²) in [5.41, 5.74) is 1.23. The van der Waals surface area contributed by atoms with Crippen LogP contribution in [-0.2, 0) is 0 Å². The van der Waals surface area contributed by atoms with E-state index in [0.29, 0.717) is 16.9 Å². The van der Waals surface area contributed by atoms with Crippen LogP contribution in [0, 0.1) is 11.3 Å². The second-order valence-electron chi connectivity index (χ2n) is 4.01. The lowest BCUT2D eigenvalue weighted by Crippen LogP contribution is -2.01. The van der Waals surface area contributed by atoms with Gasteiger partial charge in [-0.2, -0.15) is 5.26 Å². The normalized spacial score (nSPS) is 10.7. The lowest BCUT2D eigenvalue weighted by atomic mass is 10.0. The molecule has 0 N–H and O–H groups in total. The lowest BCUT2D eigenvalue weighted by molar-refractivity contribution is 0.104. The van der Waals surface area contributed by atoms with Gasteiger partial charge in [0, 0.05) is 18.0 Å². The molecule has 4 heteroatoms. The molecule has 0 saturated carbocycles. The number of aromatic nitrogens is 1. The standard InChI is InChI=1S/C16H12N2O2/c1-20-15-6-4-13(5-7-15)16(19)14(10-17)9-12-3-2-8-18-11-12/h2-9,11H,1H3. The number of allylic oxidation sites excluding steroid dienone is 1. The SMILES string of the molecule is COc1ccc(C(=O)C(C#N)=Cc2cccnc2)cc1. The maximum absolute atomic E-state index is 12.2. The Kier molecular flexibility index (Phi) is 4.25. The number of Topliss-reactive ketones (excluding diaryl/α,β-unsaturated/α-hetero) is 1. The predicted molar refractivity (Wildman–Crippen MR) is 75.2 cm³/mol. The smallest absolute Gasteiger partial charge is 0.203 e. The van der Waals surface area contributed by atoms with Gasteiger partial charge in [0.25, 0.3) is 0 Å². The molecule has 20 heavy (non-hydrogen) atoms. The van der Waals surface area contributed by atoms with Crippen molar-refractivity contribution >= 4 is 11.9 Å². The highest BCUT2D eigenvalue weighted by molar-refractivity contribution is 6.14. The first-order chi connectivity index (χ1) is 9.74. The summed E-state index contributed by atoms with van der Waals surface area (Å²) in [6, 6.07) is 12.1. The molecule has 0 saturated heterocycles. The maximum Gasteiger partial charge on any atom is 0.203 e.